The number of anilines is 1. The Labute approximate surface area is 110 Å². The number of amides is 2. The quantitative estimate of drug-likeness (QED) is 0.892. The summed E-state index contributed by atoms with van der Waals surface area (Å²) in [6.45, 7) is 1.86. The number of hydrogen-bond acceptors (Lipinski definition) is 2. The van der Waals surface area contributed by atoms with Crippen molar-refractivity contribution in [3.8, 4) is 0 Å². The van der Waals surface area contributed by atoms with E-state index in [1.807, 2.05) is 0 Å². The molecule has 0 radical (unpaired) electrons. The summed E-state index contributed by atoms with van der Waals surface area (Å²) >= 11 is 11.7. The normalized spacial score (nSPS) is 12.1. The fraction of sp³-hybridized carbons (Fsp3) is 0.364. The molecular weight excluding hydrogens is 263 g/mol. The third-order valence-corrected chi connectivity index (χ3v) is 2.61. The topological polar surface area (TPSA) is 52.6 Å². The van der Waals surface area contributed by atoms with E-state index in [0.29, 0.717) is 15.7 Å². The van der Waals surface area contributed by atoms with Crippen molar-refractivity contribution in [3.63, 3.8) is 0 Å². The summed E-state index contributed by atoms with van der Waals surface area (Å²) < 4.78 is 0. The zero-order valence-electron chi connectivity index (χ0n) is 9.58. The van der Waals surface area contributed by atoms with Crippen LogP contribution in [0, 0.1) is 0 Å². The van der Waals surface area contributed by atoms with Crippen LogP contribution in [0.2, 0.25) is 10.0 Å². The highest BCUT2D eigenvalue weighted by Crippen LogP contribution is 2.25. The summed E-state index contributed by atoms with van der Waals surface area (Å²) in [4.78, 5) is 13.1. The van der Waals surface area contributed by atoms with Crippen LogP contribution in [0.1, 0.15) is 6.92 Å². The van der Waals surface area contributed by atoms with E-state index in [9.17, 15) is 4.79 Å². The molecule has 1 rings (SSSR count). The van der Waals surface area contributed by atoms with Gasteiger partial charge in [-0.05, 0) is 25.1 Å². The predicted molar refractivity (Wildman–Crippen MR) is 69.8 cm³/mol. The maximum Gasteiger partial charge on any atom is 0.321 e. The third kappa shape index (κ3) is 4.42. The Kier molecular flexibility index (Phi) is 5.05. The Morgan fingerprint density at radius 2 is 2.18 bits per heavy atom. The summed E-state index contributed by atoms with van der Waals surface area (Å²) in [7, 11) is 1.59. The van der Waals surface area contributed by atoms with Gasteiger partial charge in [0.25, 0.3) is 0 Å². The number of nitrogens with zero attached hydrogens (tertiary/aromatic N) is 1. The zero-order chi connectivity index (χ0) is 13.0. The van der Waals surface area contributed by atoms with Crippen LogP contribution in [0.25, 0.3) is 0 Å². The standard InChI is InChI=1S/C11H14Cl2N2O2/c1-7(16)6-15(2)11(17)14-10-4-3-8(12)5-9(10)13/h3-5,7,16H,6H2,1-2H3,(H,14,17). The second kappa shape index (κ2) is 6.10. The molecule has 2 N–H and O–H groups in total. The molecule has 2 amide bonds. The van der Waals surface area contributed by atoms with Crippen molar-refractivity contribution in [2.24, 2.45) is 0 Å². The number of rotatable bonds is 3. The molecule has 6 heteroatoms. The van der Waals surface area contributed by atoms with E-state index in [2.05, 4.69) is 5.32 Å². The van der Waals surface area contributed by atoms with E-state index >= 15 is 0 Å². The molecule has 0 saturated carbocycles. The summed E-state index contributed by atoms with van der Waals surface area (Å²) in [6.07, 6.45) is -0.577. The van der Waals surface area contributed by atoms with Crippen LogP contribution in [-0.2, 0) is 0 Å². The summed E-state index contributed by atoms with van der Waals surface area (Å²) in [5.74, 6) is 0. The smallest absolute Gasteiger partial charge is 0.321 e. The van der Waals surface area contributed by atoms with Crippen molar-refractivity contribution in [1.82, 2.24) is 4.90 Å². The number of benzene rings is 1. The van der Waals surface area contributed by atoms with E-state index in [0.717, 1.165) is 0 Å². The van der Waals surface area contributed by atoms with Crippen LogP contribution in [0.15, 0.2) is 18.2 Å². The zero-order valence-corrected chi connectivity index (χ0v) is 11.1. The average molecular weight is 277 g/mol. The van der Waals surface area contributed by atoms with Crippen LogP contribution in [0.5, 0.6) is 0 Å². The van der Waals surface area contributed by atoms with Gasteiger partial charge in [-0.3, -0.25) is 0 Å². The SMILES string of the molecule is CC(O)CN(C)C(=O)Nc1ccc(Cl)cc1Cl. The lowest BCUT2D eigenvalue weighted by molar-refractivity contribution is 0.149. The monoisotopic (exact) mass is 276 g/mol. The van der Waals surface area contributed by atoms with E-state index in [4.69, 9.17) is 28.3 Å². The fourth-order valence-electron chi connectivity index (χ4n) is 1.28. The second-order valence-electron chi connectivity index (χ2n) is 3.78. The third-order valence-electron chi connectivity index (χ3n) is 2.06. The highest BCUT2D eigenvalue weighted by molar-refractivity contribution is 6.36. The molecule has 0 spiro atoms. The Morgan fingerprint density at radius 3 is 2.71 bits per heavy atom. The van der Waals surface area contributed by atoms with Gasteiger partial charge in [-0.2, -0.15) is 0 Å². The Balaban J connectivity index is 2.67. The minimum absolute atomic E-state index is 0.247. The maximum atomic E-state index is 11.7. The van der Waals surface area contributed by atoms with E-state index < -0.39 is 6.10 Å². The molecule has 94 valence electrons. The molecule has 0 aliphatic heterocycles. The van der Waals surface area contributed by atoms with Crippen molar-refractivity contribution in [1.29, 1.82) is 0 Å². The van der Waals surface area contributed by atoms with Gasteiger partial charge >= 0.3 is 6.03 Å². The predicted octanol–water partition coefficient (Wildman–Crippen LogP) is 2.84. The Hall–Kier alpha value is -0.970. The molecule has 0 fully saturated rings. The molecule has 0 aliphatic rings. The van der Waals surface area contributed by atoms with Gasteiger partial charge in [0.15, 0.2) is 0 Å². The van der Waals surface area contributed by atoms with Gasteiger partial charge in [0.2, 0.25) is 0 Å². The molecule has 1 atom stereocenters. The Morgan fingerprint density at radius 1 is 1.53 bits per heavy atom. The summed E-state index contributed by atoms with van der Waals surface area (Å²) in [6, 6.07) is 4.47. The first kappa shape index (κ1) is 14.1. The van der Waals surface area contributed by atoms with Crippen molar-refractivity contribution in [2.45, 2.75) is 13.0 Å². The molecule has 0 bridgehead atoms. The van der Waals surface area contributed by atoms with Gasteiger partial charge < -0.3 is 15.3 Å². The first-order valence-corrected chi connectivity index (χ1v) is 5.81. The number of carbonyl (C=O) groups excluding carboxylic acids is 1. The summed E-state index contributed by atoms with van der Waals surface area (Å²) in [5, 5.41) is 12.7. The molecule has 1 aromatic rings. The molecule has 0 aromatic heterocycles. The lowest BCUT2D eigenvalue weighted by Gasteiger charge is -2.19. The van der Waals surface area contributed by atoms with Gasteiger partial charge in [-0.15, -0.1) is 0 Å². The van der Waals surface area contributed by atoms with Gasteiger partial charge in [0, 0.05) is 18.6 Å². The van der Waals surface area contributed by atoms with Crippen molar-refractivity contribution in [2.75, 3.05) is 18.9 Å². The summed E-state index contributed by atoms with van der Waals surface area (Å²) in [5.41, 5.74) is 0.485. The number of halogens is 2. The maximum absolute atomic E-state index is 11.7. The van der Waals surface area contributed by atoms with Crippen molar-refractivity contribution < 1.29 is 9.90 Å². The lowest BCUT2D eigenvalue weighted by Crippen LogP contribution is -2.36. The number of likely N-dealkylation sites (N-methyl/N-ethyl adjacent to an activating group) is 1. The van der Waals surface area contributed by atoms with E-state index in [1.54, 1.807) is 32.2 Å². The minimum atomic E-state index is -0.577. The van der Waals surface area contributed by atoms with Crippen LogP contribution < -0.4 is 5.32 Å². The van der Waals surface area contributed by atoms with Gasteiger partial charge in [0.05, 0.1) is 16.8 Å². The molecule has 0 heterocycles. The minimum Gasteiger partial charge on any atom is -0.392 e. The number of nitrogens with one attached hydrogen (secondary N) is 1. The second-order valence-corrected chi connectivity index (χ2v) is 4.63. The van der Waals surface area contributed by atoms with Crippen LogP contribution in [0.3, 0.4) is 0 Å². The molecule has 17 heavy (non-hydrogen) atoms. The van der Waals surface area contributed by atoms with Crippen molar-refractivity contribution >= 4 is 34.9 Å². The Bertz CT molecular complexity index is 410. The van der Waals surface area contributed by atoms with E-state index in [1.165, 1.54) is 4.90 Å². The average Bonchev–Trinajstić information content (AvgIpc) is 2.21. The lowest BCUT2D eigenvalue weighted by atomic mass is 10.3. The number of aliphatic hydroxyl groups excluding tert-OH is 1. The molecule has 0 aliphatic carbocycles. The van der Waals surface area contributed by atoms with Crippen LogP contribution >= 0.6 is 23.2 Å². The number of carbonyl (C=O) groups is 1. The first-order chi connectivity index (χ1) is 7.90. The van der Waals surface area contributed by atoms with Gasteiger partial charge in [-0.1, -0.05) is 23.2 Å². The highest BCUT2D eigenvalue weighted by Gasteiger charge is 2.12. The van der Waals surface area contributed by atoms with Gasteiger partial charge in [0.1, 0.15) is 0 Å². The molecule has 1 unspecified atom stereocenters. The molecule has 1 aromatic carbocycles. The number of hydrogen-bond donors (Lipinski definition) is 2. The molecule has 0 saturated heterocycles. The fourth-order valence-corrected chi connectivity index (χ4v) is 1.74. The first-order valence-electron chi connectivity index (χ1n) is 5.05. The van der Waals surface area contributed by atoms with Gasteiger partial charge in [-0.25, -0.2) is 4.79 Å². The van der Waals surface area contributed by atoms with Crippen molar-refractivity contribution in [3.05, 3.63) is 28.2 Å². The number of aliphatic hydroxyl groups is 1. The molecule has 4 nitrogen and oxygen atoms in total. The van der Waals surface area contributed by atoms with E-state index in [-0.39, 0.29) is 12.6 Å². The molecular formula is C11H14Cl2N2O2. The largest absolute Gasteiger partial charge is 0.392 e. The van der Waals surface area contributed by atoms with Crippen LogP contribution in [0.4, 0.5) is 10.5 Å². The number of urea groups is 1. The highest BCUT2D eigenvalue weighted by atomic mass is 35.5. The van der Waals surface area contributed by atoms with Crippen LogP contribution in [-0.4, -0.2) is 35.7 Å².